The minimum absolute atomic E-state index is 0.0750. The second-order valence-corrected chi connectivity index (χ2v) is 7.34. The fourth-order valence-corrected chi connectivity index (χ4v) is 3.95. The van der Waals surface area contributed by atoms with E-state index in [2.05, 4.69) is 11.4 Å². The van der Waals surface area contributed by atoms with Crippen molar-refractivity contribution in [3.63, 3.8) is 0 Å². The molecule has 1 unspecified atom stereocenters. The van der Waals surface area contributed by atoms with Crippen LogP contribution in [-0.4, -0.2) is 25.2 Å². The molecule has 3 aliphatic rings. The second kappa shape index (κ2) is 6.63. The van der Waals surface area contributed by atoms with Gasteiger partial charge in [0.25, 0.3) is 0 Å². The van der Waals surface area contributed by atoms with Crippen molar-refractivity contribution < 1.29 is 14.3 Å². The van der Waals surface area contributed by atoms with Crippen LogP contribution in [-0.2, 0) is 4.79 Å². The van der Waals surface area contributed by atoms with Gasteiger partial charge in [0.1, 0.15) is 13.2 Å². The molecule has 3 atom stereocenters. The Labute approximate surface area is 142 Å². The van der Waals surface area contributed by atoms with Gasteiger partial charge in [0.15, 0.2) is 11.5 Å². The number of hydrogen-bond acceptors (Lipinski definition) is 4. The van der Waals surface area contributed by atoms with Crippen molar-refractivity contribution in [2.75, 3.05) is 13.2 Å². The van der Waals surface area contributed by atoms with E-state index in [0.717, 1.165) is 36.3 Å². The zero-order chi connectivity index (χ0) is 16.5. The van der Waals surface area contributed by atoms with Crippen molar-refractivity contribution in [2.45, 2.75) is 50.6 Å². The number of nitrogens with two attached hydrogens (primary N) is 1. The number of carbonyl (C=O) groups excluding carboxylic acids is 1. The van der Waals surface area contributed by atoms with Crippen LogP contribution in [0.1, 0.15) is 50.1 Å². The first-order valence-corrected chi connectivity index (χ1v) is 9.15. The Hall–Kier alpha value is -1.75. The molecule has 24 heavy (non-hydrogen) atoms. The molecule has 0 saturated heterocycles. The van der Waals surface area contributed by atoms with E-state index in [0.29, 0.717) is 31.5 Å². The number of fused-ring (bicyclic) bond motifs is 1. The molecule has 2 saturated carbocycles. The smallest absolute Gasteiger partial charge is 0.220 e. The molecule has 2 fully saturated rings. The van der Waals surface area contributed by atoms with Gasteiger partial charge in [-0.1, -0.05) is 12.5 Å². The molecule has 1 aliphatic heterocycles. The Morgan fingerprint density at radius 1 is 1.17 bits per heavy atom. The second-order valence-electron chi connectivity index (χ2n) is 7.34. The Morgan fingerprint density at radius 2 is 1.96 bits per heavy atom. The molecule has 5 heteroatoms. The number of rotatable bonds is 5. The summed E-state index contributed by atoms with van der Waals surface area (Å²) in [6.07, 6.45) is 6.16. The average molecular weight is 330 g/mol. The summed E-state index contributed by atoms with van der Waals surface area (Å²) >= 11 is 0. The third-order valence-electron chi connectivity index (χ3n) is 5.50. The molecule has 3 N–H and O–H groups in total. The highest BCUT2D eigenvalue weighted by Crippen LogP contribution is 2.43. The molecule has 130 valence electrons. The Kier molecular flexibility index (Phi) is 4.35. The number of hydrogen-bond donors (Lipinski definition) is 2. The van der Waals surface area contributed by atoms with Crippen LogP contribution in [0.4, 0.5) is 0 Å². The van der Waals surface area contributed by atoms with E-state index < -0.39 is 0 Å². The maximum Gasteiger partial charge on any atom is 0.220 e. The first-order valence-electron chi connectivity index (χ1n) is 9.15. The summed E-state index contributed by atoms with van der Waals surface area (Å²) in [5, 5.41) is 3.26. The lowest BCUT2D eigenvalue weighted by atomic mass is 9.97. The summed E-state index contributed by atoms with van der Waals surface area (Å²) in [4.78, 5) is 12.5. The predicted molar refractivity (Wildman–Crippen MR) is 91.0 cm³/mol. The van der Waals surface area contributed by atoms with Crippen LogP contribution in [0.2, 0.25) is 0 Å². The summed E-state index contributed by atoms with van der Waals surface area (Å²) in [5.41, 5.74) is 7.22. The van der Waals surface area contributed by atoms with Gasteiger partial charge in [-0.2, -0.15) is 0 Å². The molecular weight excluding hydrogens is 304 g/mol. The maximum atomic E-state index is 12.5. The Balaban J connectivity index is 1.45. The lowest BCUT2D eigenvalue weighted by Crippen LogP contribution is -2.34. The van der Waals surface area contributed by atoms with Crippen LogP contribution in [0.5, 0.6) is 11.5 Å². The number of benzene rings is 1. The van der Waals surface area contributed by atoms with E-state index in [4.69, 9.17) is 15.2 Å². The molecule has 5 nitrogen and oxygen atoms in total. The number of carbonyl (C=O) groups is 1. The van der Waals surface area contributed by atoms with Crippen molar-refractivity contribution in [3.8, 4) is 11.5 Å². The van der Waals surface area contributed by atoms with Crippen molar-refractivity contribution >= 4 is 5.91 Å². The third kappa shape index (κ3) is 3.36. The summed E-state index contributed by atoms with van der Waals surface area (Å²) < 4.78 is 11.3. The molecule has 0 radical (unpaired) electrons. The van der Waals surface area contributed by atoms with Gasteiger partial charge in [-0.3, -0.25) is 4.79 Å². The SMILES string of the molecule is N[C@@H]1CCC[C@H]1CC(=O)NC(c1ccc2c(c1)OCCO2)C1CC1. The van der Waals surface area contributed by atoms with Gasteiger partial charge in [0, 0.05) is 12.5 Å². The Morgan fingerprint density at radius 3 is 2.67 bits per heavy atom. The van der Waals surface area contributed by atoms with Gasteiger partial charge in [0.05, 0.1) is 6.04 Å². The van der Waals surface area contributed by atoms with E-state index >= 15 is 0 Å². The van der Waals surface area contributed by atoms with Gasteiger partial charge >= 0.3 is 0 Å². The van der Waals surface area contributed by atoms with Crippen molar-refractivity contribution in [1.29, 1.82) is 0 Å². The lowest BCUT2D eigenvalue weighted by Gasteiger charge is -2.24. The molecule has 4 rings (SSSR count). The van der Waals surface area contributed by atoms with Gasteiger partial charge in [-0.05, 0) is 55.2 Å². The van der Waals surface area contributed by atoms with Crippen LogP contribution in [0.25, 0.3) is 0 Å². The zero-order valence-corrected chi connectivity index (χ0v) is 14.0. The molecule has 0 spiro atoms. The van der Waals surface area contributed by atoms with Crippen molar-refractivity contribution in [1.82, 2.24) is 5.32 Å². The van der Waals surface area contributed by atoms with E-state index in [1.165, 1.54) is 12.8 Å². The first kappa shape index (κ1) is 15.8. The fraction of sp³-hybridized carbons (Fsp3) is 0.632. The molecule has 0 bridgehead atoms. The summed E-state index contributed by atoms with van der Waals surface area (Å²) in [6.45, 7) is 1.17. The standard InChI is InChI=1S/C19H26N2O3/c20-15-3-1-2-13(15)11-18(22)21-19(12-4-5-12)14-6-7-16-17(10-14)24-9-8-23-16/h6-7,10,12-13,15,19H,1-5,8-9,11,20H2,(H,21,22)/t13-,15+,19?/m0/s1. The molecule has 1 heterocycles. The van der Waals surface area contributed by atoms with E-state index in [9.17, 15) is 4.79 Å². The highest BCUT2D eigenvalue weighted by atomic mass is 16.6. The van der Waals surface area contributed by atoms with Crippen LogP contribution in [0.3, 0.4) is 0 Å². The monoisotopic (exact) mass is 330 g/mol. The molecule has 0 aromatic heterocycles. The van der Waals surface area contributed by atoms with E-state index in [1.54, 1.807) is 0 Å². The van der Waals surface area contributed by atoms with E-state index in [1.807, 2.05) is 12.1 Å². The summed E-state index contributed by atoms with van der Waals surface area (Å²) in [6, 6.07) is 6.30. The van der Waals surface area contributed by atoms with Crippen LogP contribution in [0, 0.1) is 11.8 Å². The first-order chi connectivity index (χ1) is 11.7. The van der Waals surface area contributed by atoms with Crippen LogP contribution >= 0.6 is 0 Å². The average Bonchev–Trinajstić information content (AvgIpc) is 3.36. The lowest BCUT2D eigenvalue weighted by molar-refractivity contribution is -0.123. The van der Waals surface area contributed by atoms with Crippen LogP contribution < -0.4 is 20.5 Å². The highest BCUT2D eigenvalue weighted by Gasteiger charge is 2.35. The topological polar surface area (TPSA) is 73.6 Å². The van der Waals surface area contributed by atoms with Gasteiger partial charge in [0.2, 0.25) is 5.91 Å². The van der Waals surface area contributed by atoms with Gasteiger partial charge < -0.3 is 20.5 Å². The third-order valence-corrected chi connectivity index (χ3v) is 5.50. The largest absolute Gasteiger partial charge is 0.486 e. The quantitative estimate of drug-likeness (QED) is 0.870. The maximum absolute atomic E-state index is 12.5. The number of ether oxygens (including phenoxy) is 2. The molecular formula is C19H26N2O3. The minimum Gasteiger partial charge on any atom is -0.486 e. The van der Waals surface area contributed by atoms with Gasteiger partial charge in [-0.25, -0.2) is 0 Å². The summed E-state index contributed by atoms with van der Waals surface area (Å²) in [5.74, 6) is 2.59. The summed E-state index contributed by atoms with van der Waals surface area (Å²) in [7, 11) is 0. The van der Waals surface area contributed by atoms with E-state index in [-0.39, 0.29) is 18.0 Å². The van der Waals surface area contributed by atoms with Crippen LogP contribution in [0.15, 0.2) is 18.2 Å². The zero-order valence-electron chi connectivity index (χ0n) is 14.0. The molecule has 1 aromatic rings. The molecule has 1 aromatic carbocycles. The normalized spacial score (nSPS) is 26.9. The highest BCUT2D eigenvalue weighted by molar-refractivity contribution is 5.77. The van der Waals surface area contributed by atoms with Gasteiger partial charge in [-0.15, -0.1) is 0 Å². The fourth-order valence-electron chi connectivity index (χ4n) is 3.95. The molecule has 2 aliphatic carbocycles. The minimum atomic E-state index is 0.0750. The predicted octanol–water partition coefficient (Wildman–Crippen LogP) is 2.54. The number of nitrogens with one attached hydrogen (secondary N) is 1. The molecule has 1 amide bonds. The number of amides is 1. The Bertz CT molecular complexity index is 615. The van der Waals surface area contributed by atoms with Crippen molar-refractivity contribution in [3.05, 3.63) is 23.8 Å². The van der Waals surface area contributed by atoms with Crippen molar-refractivity contribution in [2.24, 2.45) is 17.6 Å².